The summed E-state index contributed by atoms with van der Waals surface area (Å²) in [5.41, 5.74) is 5.66. The highest BCUT2D eigenvalue weighted by Gasteiger charge is 2.01. The van der Waals surface area contributed by atoms with Crippen LogP contribution in [0.4, 0.5) is 0 Å². The van der Waals surface area contributed by atoms with Gasteiger partial charge in [0.15, 0.2) is 0 Å². The molecule has 0 aliphatic rings. The summed E-state index contributed by atoms with van der Waals surface area (Å²) >= 11 is 0. The lowest BCUT2D eigenvalue weighted by Crippen LogP contribution is -2.07. The molecule has 0 bridgehead atoms. The fraction of sp³-hybridized carbons (Fsp3) is 0.314. The number of aryl methyl sites for hydroxylation is 1. The fourth-order valence-corrected chi connectivity index (χ4v) is 3.79. The van der Waals surface area contributed by atoms with Gasteiger partial charge in [0.2, 0.25) is 0 Å². The standard InChI is InChI=1S/C35H40O6/c1-4-34(36)40-24-6-22-38-32-18-12-28(13-19-32)8-9-30-11-17-31(27(3)26-30)16-10-29-14-20-33(21-15-29)39-23-7-25-41-35(37)5-2/h8-21,26H,4-7,22-25H2,1-3H3/b9-8+,16-10+. The van der Waals surface area contributed by atoms with E-state index >= 15 is 0 Å². The van der Waals surface area contributed by atoms with Crippen molar-refractivity contribution in [3.8, 4) is 11.5 Å². The van der Waals surface area contributed by atoms with Gasteiger partial charge in [-0.1, -0.05) is 80.6 Å². The highest BCUT2D eigenvalue weighted by molar-refractivity contribution is 5.74. The second kappa shape index (κ2) is 17.4. The first-order chi connectivity index (χ1) is 20.0. The van der Waals surface area contributed by atoms with Gasteiger partial charge in [-0.05, 0) is 59.0 Å². The molecule has 6 heteroatoms. The highest BCUT2D eigenvalue weighted by atomic mass is 16.5. The highest BCUT2D eigenvalue weighted by Crippen LogP contribution is 2.19. The van der Waals surface area contributed by atoms with Gasteiger partial charge in [-0.15, -0.1) is 0 Å². The summed E-state index contributed by atoms with van der Waals surface area (Å²) in [5.74, 6) is 1.23. The fourth-order valence-electron chi connectivity index (χ4n) is 3.79. The van der Waals surface area contributed by atoms with Crippen LogP contribution in [0.1, 0.15) is 67.3 Å². The Morgan fingerprint density at radius 1 is 0.585 bits per heavy atom. The molecule has 0 spiro atoms. The third kappa shape index (κ3) is 11.8. The van der Waals surface area contributed by atoms with Crippen LogP contribution in [0.15, 0.2) is 66.7 Å². The van der Waals surface area contributed by atoms with E-state index < -0.39 is 0 Å². The van der Waals surface area contributed by atoms with Crippen LogP contribution in [0.5, 0.6) is 11.5 Å². The van der Waals surface area contributed by atoms with Crippen molar-refractivity contribution >= 4 is 36.2 Å². The van der Waals surface area contributed by atoms with Gasteiger partial charge >= 0.3 is 11.9 Å². The molecule has 216 valence electrons. The molecule has 0 fully saturated rings. The van der Waals surface area contributed by atoms with Gasteiger partial charge in [0, 0.05) is 25.7 Å². The monoisotopic (exact) mass is 556 g/mol. The van der Waals surface area contributed by atoms with Crippen LogP contribution in [0.3, 0.4) is 0 Å². The van der Waals surface area contributed by atoms with E-state index in [4.69, 9.17) is 18.9 Å². The summed E-state index contributed by atoms with van der Waals surface area (Å²) in [6, 6.07) is 22.3. The minimum atomic E-state index is -0.183. The van der Waals surface area contributed by atoms with Crippen molar-refractivity contribution in [2.24, 2.45) is 0 Å². The van der Waals surface area contributed by atoms with Crippen molar-refractivity contribution in [3.63, 3.8) is 0 Å². The van der Waals surface area contributed by atoms with Gasteiger partial charge in [-0.3, -0.25) is 9.59 Å². The van der Waals surface area contributed by atoms with E-state index in [0.717, 1.165) is 33.8 Å². The van der Waals surface area contributed by atoms with Crippen molar-refractivity contribution in [2.45, 2.75) is 46.5 Å². The molecule has 3 aromatic rings. The zero-order valence-corrected chi connectivity index (χ0v) is 24.3. The maximum atomic E-state index is 11.1. The molecule has 0 aliphatic carbocycles. The number of benzene rings is 3. The van der Waals surface area contributed by atoms with Crippen LogP contribution in [0.2, 0.25) is 0 Å². The van der Waals surface area contributed by atoms with Gasteiger partial charge in [0.1, 0.15) is 11.5 Å². The summed E-state index contributed by atoms with van der Waals surface area (Å²) < 4.78 is 21.6. The number of carbonyl (C=O) groups is 2. The normalized spacial score (nSPS) is 11.1. The Bertz CT molecular complexity index is 1290. The van der Waals surface area contributed by atoms with Crippen LogP contribution >= 0.6 is 0 Å². The molecule has 41 heavy (non-hydrogen) atoms. The summed E-state index contributed by atoms with van der Waals surface area (Å²) in [6.07, 6.45) is 10.5. The van der Waals surface area contributed by atoms with E-state index in [1.807, 2.05) is 48.5 Å². The van der Waals surface area contributed by atoms with Crippen LogP contribution < -0.4 is 9.47 Å². The topological polar surface area (TPSA) is 71.1 Å². The van der Waals surface area contributed by atoms with Gasteiger partial charge in [0.25, 0.3) is 0 Å². The second-order valence-electron chi connectivity index (χ2n) is 9.47. The molecular formula is C35H40O6. The van der Waals surface area contributed by atoms with E-state index in [9.17, 15) is 9.59 Å². The first-order valence-corrected chi connectivity index (χ1v) is 14.2. The molecule has 0 radical (unpaired) electrons. The quantitative estimate of drug-likeness (QED) is 0.102. The summed E-state index contributed by atoms with van der Waals surface area (Å²) in [5, 5.41) is 0. The van der Waals surface area contributed by atoms with E-state index in [0.29, 0.717) is 52.1 Å². The van der Waals surface area contributed by atoms with Crippen molar-refractivity contribution in [1.29, 1.82) is 0 Å². The Morgan fingerprint density at radius 3 is 1.49 bits per heavy atom. The molecule has 3 rings (SSSR count). The van der Waals surface area contributed by atoms with Gasteiger partial charge < -0.3 is 18.9 Å². The van der Waals surface area contributed by atoms with Crippen LogP contribution in [0, 0.1) is 6.92 Å². The SMILES string of the molecule is CCC(=O)OCCCOc1ccc(/C=C/c2ccc(/C=C/c3ccc(OCCCOC(=O)CC)cc3)c(C)c2)cc1. The second-order valence-corrected chi connectivity index (χ2v) is 9.47. The Morgan fingerprint density at radius 2 is 1.02 bits per heavy atom. The van der Waals surface area contributed by atoms with E-state index in [2.05, 4.69) is 49.4 Å². The Labute approximate surface area is 243 Å². The number of hydrogen-bond acceptors (Lipinski definition) is 6. The van der Waals surface area contributed by atoms with Crippen LogP contribution in [-0.2, 0) is 19.1 Å². The molecule has 0 saturated carbocycles. The number of esters is 2. The van der Waals surface area contributed by atoms with Crippen molar-refractivity contribution in [1.82, 2.24) is 0 Å². The van der Waals surface area contributed by atoms with Crippen LogP contribution in [-0.4, -0.2) is 38.4 Å². The number of carbonyl (C=O) groups excluding carboxylic acids is 2. The van der Waals surface area contributed by atoms with Crippen molar-refractivity contribution in [2.75, 3.05) is 26.4 Å². The first kappa shape index (κ1) is 31.2. The van der Waals surface area contributed by atoms with Crippen molar-refractivity contribution in [3.05, 3.63) is 94.5 Å². The zero-order chi connectivity index (χ0) is 29.3. The predicted octanol–water partition coefficient (Wildman–Crippen LogP) is 7.78. The summed E-state index contributed by atoms with van der Waals surface area (Å²) in [7, 11) is 0. The van der Waals surface area contributed by atoms with Gasteiger partial charge in [0.05, 0.1) is 26.4 Å². The number of hydrogen-bond donors (Lipinski definition) is 0. The minimum Gasteiger partial charge on any atom is -0.493 e. The molecular weight excluding hydrogens is 516 g/mol. The number of rotatable bonds is 16. The van der Waals surface area contributed by atoms with E-state index in [1.54, 1.807) is 13.8 Å². The lowest BCUT2D eigenvalue weighted by Gasteiger charge is -2.07. The summed E-state index contributed by atoms with van der Waals surface area (Å²) in [4.78, 5) is 22.3. The average molecular weight is 557 g/mol. The van der Waals surface area contributed by atoms with Gasteiger partial charge in [-0.2, -0.15) is 0 Å². The van der Waals surface area contributed by atoms with E-state index in [-0.39, 0.29) is 11.9 Å². The third-order valence-electron chi connectivity index (χ3n) is 6.20. The molecule has 0 saturated heterocycles. The maximum Gasteiger partial charge on any atom is 0.305 e. The molecule has 0 aliphatic heterocycles. The van der Waals surface area contributed by atoms with Crippen molar-refractivity contribution < 1.29 is 28.5 Å². The Hall–Kier alpha value is -4.32. The molecule has 0 unspecified atom stereocenters. The first-order valence-electron chi connectivity index (χ1n) is 14.2. The molecule has 0 aromatic heterocycles. The third-order valence-corrected chi connectivity index (χ3v) is 6.20. The molecule has 0 atom stereocenters. The smallest absolute Gasteiger partial charge is 0.305 e. The van der Waals surface area contributed by atoms with E-state index in [1.165, 1.54) is 5.56 Å². The minimum absolute atomic E-state index is 0.183. The molecule has 0 heterocycles. The predicted molar refractivity (Wildman–Crippen MR) is 165 cm³/mol. The largest absolute Gasteiger partial charge is 0.493 e. The number of ether oxygens (including phenoxy) is 4. The Balaban J connectivity index is 1.44. The molecule has 6 nitrogen and oxygen atoms in total. The summed E-state index contributed by atoms with van der Waals surface area (Å²) in [6.45, 7) is 7.45. The molecule has 0 amide bonds. The van der Waals surface area contributed by atoms with Crippen LogP contribution in [0.25, 0.3) is 24.3 Å². The lowest BCUT2D eigenvalue weighted by atomic mass is 10.0. The average Bonchev–Trinajstić information content (AvgIpc) is 3.00. The Kier molecular flexibility index (Phi) is 13.2. The molecule has 0 N–H and O–H groups in total. The van der Waals surface area contributed by atoms with Gasteiger partial charge in [-0.25, -0.2) is 0 Å². The lowest BCUT2D eigenvalue weighted by molar-refractivity contribution is -0.144. The zero-order valence-electron chi connectivity index (χ0n) is 24.3. The maximum absolute atomic E-state index is 11.1. The molecule has 3 aromatic carbocycles.